The van der Waals surface area contributed by atoms with Crippen molar-refractivity contribution in [2.45, 2.75) is 19.8 Å². The van der Waals surface area contributed by atoms with Crippen LogP contribution in [0.15, 0.2) is 23.9 Å². The van der Waals surface area contributed by atoms with E-state index in [-0.39, 0.29) is 0 Å². The van der Waals surface area contributed by atoms with Crippen LogP contribution in [0.25, 0.3) is 0 Å². The summed E-state index contributed by atoms with van der Waals surface area (Å²) in [6.07, 6.45) is 9.05. The number of hydrogen-bond acceptors (Lipinski definition) is 1. The molecule has 1 fully saturated rings. The standard InChI is InChI=1S/C9H15N/c1-3-4-8-5-9(6-8)7-10-2/h3-4,7-8,10H,5-6H2,1-2H3/b4-3-,9-7?. The Bertz CT molecular complexity index is 148. The third-order valence-corrected chi connectivity index (χ3v) is 1.86. The zero-order chi connectivity index (χ0) is 7.40. The van der Waals surface area contributed by atoms with Crippen LogP contribution in [-0.4, -0.2) is 7.05 Å². The smallest absolute Gasteiger partial charge is 0.00276 e. The lowest BCUT2D eigenvalue weighted by atomic mass is 9.80. The molecule has 0 saturated heterocycles. The van der Waals surface area contributed by atoms with Gasteiger partial charge in [0.1, 0.15) is 0 Å². The summed E-state index contributed by atoms with van der Waals surface area (Å²) in [5, 5.41) is 3.05. The second-order valence-corrected chi connectivity index (χ2v) is 2.79. The predicted molar refractivity (Wildman–Crippen MR) is 44.7 cm³/mol. The van der Waals surface area contributed by atoms with E-state index in [1.165, 1.54) is 12.8 Å². The maximum absolute atomic E-state index is 3.05. The summed E-state index contributed by atoms with van der Waals surface area (Å²) in [7, 11) is 1.95. The van der Waals surface area contributed by atoms with Gasteiger partial charge in [0.25, 0.3) is 0 Å². The zero-order valence-corrected chi connectivity index (χ0v) is 6.72. The molecule has 0 atom stereocenters. The Hall–Kier alpha value is -0.720. The molecule has 0 heterocycles. The lowest BCUT2D eigenvalue weighted by molar-refractivity contribution is 0.509. The van der Waals surface area contributed by atoms with E-state index in [1.54, 1.807) is 5.57 Å². The summed E-state index contributed by atoms with van der Waals surface area (Å²) in [5.41, 5.74) is 1.55. The molecule has 56 valence electrons. The first-order valence-electron chi connectivity index (χ1n) is 3.84. The fourth-order valence-corrected chi connectivity index (χ4v) is 1.34. The Morgan fingerprint density at radius 2 is 2.20 bits per heavy atom. The number of allylic oxidation sites excluding steroid dienone is 3. The van der Waals surface area contributed by atoms with Gasteiger partial charge in [0.05, 0.1) is 0 Å². The summed E-state index contributed by atoms with van der Waals surface area (Å²) in [6, 6.07) is 0. The van der Waals surface area contributed by atoms with Gasteiger partial charge in [-0.15, -0.1) is 0 Å². The minimum absolute atomic E-state index is 0.824. The van der Waals surface area contributed by atoms with Gasteiger partial charge >= 0.3 is 0 Å². The molecular weight excluding hydrogens is 122 g/mol. The summed E-state index contributed by atoms with van der Waals surface area (Å²) in [4.78, 5) is 0. The van der Waals surface area contributed by atoms with Gasteiger partial charge in [0.2, 0.25) is 0 Å². The largest absolute Gasteiger partial charge is 0.394 e. The van der Waals surface area contributed by atoms with E-state index in [1.807, 2.05) is 7.05 Å². The molecule has 1 N–H and O–H groups in total. The molecule has 10 heavy (non-hydrogen) atoms. The quantitative estimate of drug-likeness (QED) is 0.574. The fourth-order valence-electron chi connectivity index (χ4n) is 1.34. The van der Waals surface area contributed by atoms with Crippen LogP contribution in [0.1, 0.15) is 19.8 Å². The Labute approximate surface area is 62.8 Å². The molecule has 0 aliphatic heterocycles. The van der Waals surface area contributed by atoms with Gasteiger partial charge in [0, 0.05) is 7.05 Å². The molecule has 0 radical (unpaired) electrons. The highest BCUT2D eigenvalue weighted by Gasteiger charge is 2.19. The van der Waals surface area contributed by atoms with Crippen molar-refractivity contribution >= 4 is 0 Å². The van der Waals surface area contributed by atoms with E-state index < -0.39 is 0 Å². The molecule has 1 saturated carbocycles. The maximum atomic E-state index is 3.05. The lowest BCUT2D eigenvalue weighted by Crippen LogP contribution is -2.14. The molecule has 0 aromatic heterocycles. The first-order chi connectivity index (χ1) is 4.86. The van der Waals surface area contributed by atoms with Crippen molar-refractivity contribution in [3.8, 4) is 0 Å². The normalized spacial score (nSPS) is 24.6. The van der Waals surface area contributed by atoms with E-state index in [9.17, 15) is 0 Å². The lowest BCUT2D eigenvalue weighted by Gasteiger charge is -2.26. The van der Waals surface area contributed by atoms with Crippen LogP contribution < -0.4 is 5.32 Å². The van der Waals surface area contributed by atoms with Crippen LogP contribution in [0.2, 0.25) is 0 Å². The van der Waals surface area contributed by atoms with E-state index in [0.29, 0.717) is 0 Å². The molecule has 0 spiro atoms. The molecule has 0 unspecified atom stereocenters. The van der Waals surface area contributed by atoms with Crippen molar-refractivity contribution in [1.82, 2.24) is 5.32 Å². The highest BCUT2D eigenvalue weighted by Crippen LogP contribution is 2.33. The van der Waals surface area contributed by atoms with Crippen LogP contribution in [0.5, 0.6) is 0 Å². The molecule has 0 aromatic rings. The molecular formula is C9H15N. The van der Waals surface area contributed by atoms with Gasteiger partial charge in [-0.1, -0.05) is 17.7 Å². The van der Waals surface area contributed by atoms with Crippen molar-refractivity contribution in [1.29, 1.82) is 0 Å². The molecule has 0 amide bonds. The minimum Gasteiger partial charge on any atom is -0.394 e. The molecule has 0 aromatic carbocycles. The molecule has 1 aliphatic carbocycles. The Kier molecular flexibility index (Phi) is 2.55. The van der Waals surface area contributed by atoms with Gasteiger partial charge in [0.15, 0.2) is 0 Å². The predicted octanol–water partition coefficient (Wildman–Crippen LogP) is 2.08. The summed E-state index contributed by atoms with van der Waals surface area (Å²) < 4.78 is 0. The molecule has 1 nitrogen and oxygen atoms in total. The monoisotopic (exact) mass is 137 g/mol. The van der Waals surface area contributed by atoms with Crippen LogP contribution in [0.3, 0.4) is 0 Å². The number of rotatable bonds is 2. The third-order valence-electron chi connectivity index (χ3n) is 1.86. The molecule has 1 rings (SSSR count). The maximum Gasteiger partial charge on any atom is 0.00276 e. The third kappa shape index (κ3) is 1.63. The van der Waals surface area contributed by atoms with Gasteiger partial charge in [-0.3, -0.25) is 0 Å². The van der Waals surface area contributed by atoms with E-state index in [0.717, 1.165) is 5.92 Å². The highest BCUT2D eigenvalue weighted by molar-refractivity contribution is 5.16. The van der Waals surface area contributed by atoms with Crippen LogP contribution in [-0.2, 0) is 0 Å². The topological polar surface area (TPSA) is 12.0 Å². The van der Waals surface area contributed by atoms with Crippen molar-refractivity contribution in [2.75, 3.05) is 7.05 Å². The Morgan fingerprint density at radius 3 is 2.70 bits per heavy atom. The summed E-state index contributed by atoms with van der Waals surface area (Å²) in [5.74, 6) is 0.824. The second kappa shape index (κ2) is 3.45. The van der Waals surface area contributed by atoms with Crippen molar-refractivity contribution in [3.05, 3.63) is 23.9 Å². The molecule has 1 aliphatic rings. The van der Waals surface area contributed by atoms with Crippen molar-refractivity contribution in [3.63, 3.8) is 0 Å². The van der Waals surface area contributed by atoms with Crippen LogP contribution in [0.4, 0.5) is 0 Å². The van der Waals surface area contributed by atoms with Crippen molar-refractivity contribution in [2.24, 2.45) is 5.92 Å². The SMILES string of the molecule is C/C=C\C1CC(=CNC)C1. The number of nitrogens with one attached hydrogen (secondary N) is 1. The summed E-state index contributed by atoms with van der Waals surface area (Å²) in [6.45, 7) is 2.08. The second-order valence-electron chi connectivity index (χ2n) is 2.79. The highest BCUT2D eigenvalue weighted by atomic mass is 14.8. The molecule has 0 bridgehead atoms. The van der Waals surface area contributed by atoms with E-state index >= 15 is 0 Å². The van der Waals surface area contributed by atoms with Crippen molar-refractivity contribution < 1.29 is 0 Å². The average molecular weight is 137 g/mol. The number of hydrogen-bond donors (Lipinski definition) is 1. The van der Waals surface area contributed by atoms with E-state index in [4.69, 9.17) is 0 Å². The van der Waals surface area contributed by atoms with Gasteiger partial charge in [-0.25, -0.2) is 0 Å². The fraction of sp³-hybridized carbons (Fsp3) is 0.556. The summed E-state index contributed by atoms with van der Waals surface area (Å²) >= 11 is 0. The van der Waals surface area contributed by atoms with Crippen LogP contribution in [0, 0.1) is 5.92 Å². The zero-order valence-electron chi connectivity index (χ0n) is 6.72. The van der Waals surface area contributed by atoms with Crippen LogP contribution >= 0.6 is 0 Å². The Morgan fingerprint density at radius 1 is 1.50 bits per heavy atom. The first-order valence-corrected chi connectivity index (χ1v) is 3.84. The Balaban J connectivity index is 2.23. The van der Waals surface area contributed by atoms with Gasteiger partial charge < -0.3 is 5.32 Å². The molecule has 1 heteroatoms. The van der Waals surface area contributed by atoms with Gasteiger partial charge in [-0.2, -0.15) is 0 Å². The van der Waals surface area contributed by atoms with Gasteiger partial charge in [-0.05, 0) is 31.9 Å². The first kappa shape index (κ1) is 7.39. The average Bonchev–Trinajstić information content (AvgIpc) is 1.84. The minimum atomic E-state index is 0.824. The van der Waals surface area contributed by atoms with E-state index in [2.05, 4.69) is 30.6 Å².